The third-order valence-electron chi connectivity index (χ3n) is 2.75. The predicted octanol–water partition coefficient (Wildman–Crippen LogP) is 2.93. The molecule has 0 fully saturated rings. The minimum atomic E-state index is 0.0230. The van der Waals surface area contributed by atoms with Gasteiger partial charge >= 0.3 is 0 Å². The van der Waals surface area contributed by atoms with Crippen LogP contribution in [-0.4, -0.2) is 22.6 Å². The number of ether oxygens (including phenoxy) is 1. The molecule has 1 heterocycles. The summed E-state index contributed by atoms with van der Waals surface area (Å²) in [4.78, 5) is 4.59. The summed E-state index contributed by atoms with van der Waals surface area (Å²) < 4.78 is 5.69. The second-order valence-electron chi connectivity index (χ2n) is 4.08. The van der Waals surface area contributed by atoms with Crippen LogP contribution in [0, 0.1) is 5.92 Å². The van der Waals surface area contributed by atoms with Crippen LogP contribution >= 0.6 is 11.8 Å². The van der Waals surface area contributed by atoms with E-state index >= 15 is 0 Å². The van der Waals surface area contributed by atoms with Crippen LogP contribution in [0.25, 0.3) is 0 Å². The lowest BCUT2D eigenvalue weighted by Gasteiger charge is -2.37. The maximum absolute atomic E-state index is 5.69. The molecule has 2 unspecified atom stereocenters. The van der Waals surface area contributed by atoms with Gasteiger partial charge in [-0.1, -0.05) is 25.6 Å². The normalized spacial score (nSPS) is 32.2. The van der Waals surface area contributed by atoms with Crippen molar-refractivity contribution in [2.75, 3.05) is 5.75 Å². The SMILES string of the molecule is CCSC1=NC(C)(C)C(C)C(C)O1. The Bertz CT molecular complexity index is 213. The molecule has 76 valence electrons. The first-order chi connectivity index (χ1) is 5.97. The van der Waals surface area contributed by atoms with E-state index in [2.05, 4.69) is 39.6 Å². The van der Waals surface area contributed by atoms with Gasteiger partial charge in [0.15, 0.2) is 0 Å². The van der Waals surface area contributed by atoms with Crippen LogP contribution in [0.15, 0.2) is 4.99 Å². The number of hydrogen-bond acceptors (Lipinski definition) is 3. The van der Waals surface area contributed by atoms with Crippen LogP contribution in [0.1, 0.15) is 34.6 Å². The molecule has 0 saturated carbocycles. The number of aliphatic imine (C=N–C) groups is 1. The number of thioether (sulfide) groups is 1. The van der Waals surface area contributed by atoms with Crippen LogP contribution in [0.2, 0.25) is 0 Å². The van der Waals surface area contributed by atoms with Gasteiger partial charge in [0.05, 0.1) is 5.54 Å². The zero-order valence-electron chi connectivity index (χ0n) is 9.13. The van der Waals surface area contributed by atoms with Crippen LogP contribution in [-0.2, 0) is 4.74 Å². The molecular formula is C10H19NOS. The summed E-state index contributed by atoms with van der Waals surface area (Å²) in [6, 6.07) is 0. The molecule has 0 bridgehead atoms. The summed E-state index contributed by atoms with van der Waals surface area (Å²) in [6.45, 7) is 10.8. The monoisotopic (exact) mass is 201 g/mol. The Morgan fingerprint density at radius 3 is 2.54 bits per heavy atom. The second-order valence-corrected chi connectivity index (χ2v) is 5.29. The van der Waals surface area contributed by atoms with Crippen molar-refractivity contribution in [3.05, 3.63) is 0 Å². The van der Waals surface area contributed by atoms with Gasteiger partial charge in [-0.25, -0.2) is 4.99 Å². The van der Waals surface area contributed by atoms with Gasteiger partial charge in [-0.3, -0.25) is 0 Å². The van der Waals surface area contributed by atoms with Crippen molar-refractivity contribution >= 4 is 17.0 Å². The highest BCUT2D eigenvalue weighted by Crippen LogP contribution is 2.32. The molecule has 0 aromatic rings. The quantitative estimate of drug-likeness (QED) is 0.650. The van der Waals surface area contributed by atoms with Crippen LogP contribution < -0.4 is 0 Å². The van der Waals surface area contributed by atoms with Crippen molar-refractivity contribution in [1.29, 1.82) is 0 Å². The minimum absolute atomic E-state index is 0.0230. The average molecular weight is 201 g/mol. The van der Waals surface area contributed by atoms with Gasteiger partial charge < -0.3 is 4.74 Å². The Morgan fingerprint density at radius 1 is 1.46 bits per heavy atom. The molecule has 0 N–H and O–H groups in total. The summed E-state index contributed by atoms with van der Waals surface area (Å²) in [6.07, 6.45) is 0.279. The van der Waals surface area contributed by atoms with Gasteiger partial charge in [0.25, 0.3) is 0 Å². The first kappa shape index (κ1) is 10.9. The Hall–Kier alpha value is -0.180. The van der Waals surface area contributed by atoms with E-state index in [4.69, 9.17) is 4.74 Å². The van der Waals surface area contributed by atoms with Gasteiger partial charge in [0, 0.05) is 5.92 Å². The summed E-state index contributed by atoms with van der Waals surface area (Å²) in [5.41, 5.74) is 0.0230. The highest BCUT2D eigenvalue weighted by Gasteiger charge is 2.35. The third-order valence-corrected chi connectivity index (χ3v) is 3.48. The van der Waals surface area contributed by atoms with E-state index in [1.54, 1.807) is 11.8 Å². The minimum Gasteiger partial charge on any atom is -0.470 e. The molecule has 0 aliphatic carbocycles. The molecular weight excluding hydrogens is 182 g/mol. The predicted molar refractivity (Wildman–Crippen MR) is 59.4 cm³/mol. The van der Waals surface area contributed by atoms with Crippen molar-refractivity contribution in [2.24, 2.45) is 10.9 Å². The van der Waals surface area contributed by atoms with E-state index in [-0.39, 0.29) is 11.6 Å². The van der Waals surface area contributed by atoms with Crippen LogP contribution in [0.3, 0.4) is 0 Å². The third kappa shape index (κ3) is 2.39. The maximum Gasteiger partial charge on any atom is 0.246 e. The molecule has 0 saturated heterocycles. The van der Waals surface area contributed by atoms with Crippen molar-refractivity contribution in [2.45, 2.75) is 46.3 Å². The lowest BCUT2D eigenvalue weighted by Crippen LogP contribution is -2.41. The molecule has 1 aliphatic rings. The second kappa shape index (κ2) is 3.91. The first-order valence-corrected chi connectivity index (χ1v) is 5.85. The Labute approximate surface area is 85.1 Å². The maximum atomic E-state index is 5.69. The van der Waals surface area contributed by atoms with Gasteiger partial charge in [-0.05, 0) is 26.5 Å². The zero-order chi connectivity index (χ0) is 10.1. The van der Waals surface area contributed by atoms with Gasteiger partial charge in [-0.2, -0.15) is 0 Å². The molecule has 1 rings (SSSR count). The van der Waals surface area contributed by atoms with Gasteiger partial charge in [0.1, 0.15) is 6.10 Å². The molecule has 3 heteroatoms. The van der Waals surface area contributed by atoms with E-state index in [1.165, 1.54) is 0 Å². The van der Waals surface area contributed by atoms with Crippen LogP contribution in [0.5, 0.6) is 0 Å². The topological polar surface area (TPSA) is 21.6 Å². The summed E-state index contributed by atoms with van der Waals surface area (Å²) in [5.74, 6) is 1.50. The van der Waals surface area contributed by atoms with Gasteiger partial charge in [-0.15, -0.1) is 0 Å². The van der Waals surface area contributed by atoms with E-state index in [0.717, 1.165) is 11.0 Å². The molecule has 0 radical (unpaired) electrons. The Balaban J connectivity index is 2.79. The largest absolute Gasteiger partial charge is 0.470 e. The fraction of sp³-hybridized carbons (Fsp3) is 0.900. The zero-order valence-corrected chi connectivity index (χ0v) is 9.94. The molecule has 2 nitrogen and oxygen atoms in total. The Kier molecular flexibility index (Phi) is 3.28. The first-order valence-electron chi connectivity index (χ1n) is 4.86. The molecule has 1 aliphatic heterocycles. The van der Waals surface area contributed by atoms with Crippen molar-refractivity contribution < 1.29 is 4.74 Å². The van der Waals surface area contributed by atoms with Crippen molar-refractivity contribution in [3.63, 3.8) is 0 Å². The van der Waals surface area contributed by atoms with E-state index in [1.807, 2.05) is 0 Å². The summed E-state index contributed by atoms with van der Waals surface area (Å²) >= 11 is 1.69. The lowest BCUT2D eigenvalue weighted by atomic mass is 9.85. The number of rotatable bonds is 1. The highest BCUT2D eigenvalue weighted by molar-refractivity contribution is 8.13. The van der Waals surface area contributed by atoms with E-state index in [9.17, 15) is 0 Å². The molecule has 0 aromatic carbocycles. The molecule has 13 heavy (non-hydrogen) atoms. The van der Waals surface area contributed by atoms with E-state index in [0.29, 0.717) is 5.92 Å². The molecule has 0 spiro atoms. The van der Waals surface area contributed by atoms with Crippen molar-refractivity contribution in [3.8, 4) is 0 Å². The Morgan fingerprint density at radius 2 is 2.08 bits per heavy atom. The average Bonchev–Trinajstić information content (AvgIpc) is 2.00. The highest BCUT2D eigenvalue weighted by atomic mass is 32.2. The molecule has 0 amide bonds. The van der Waals surface area contributed by atoms with Crippen molar-refractivity contribution in [1.82, 2.24) is 0 Å². The molecule has 2 atom stereocenters. The lowest BCUT2D eigenvalue weighted by molar-refractivity contribution is 0.0882. The standard InChI is InChI=1S/C10H19NOS/c1-6-13-9-11-10(4,5)7(2)8(3)12-9/h7-8H,6H2,1-5H3. The summed E-state index contributed by atoms with van der Waals surface area (Å²) in [5, 5.41) is 0.859. The van der Waals surface area contributed by atoms with Gasteiger partial charge in [0.2, 0.25) is 5.23 Å². The number of nitrogens with zero attached hydrogens (tertiary/aromatic N) is 1. The summed E-state index contributed by atoms with van der Waals surface area (Å²) in [7, 11) is 0. The fourth-order valence-electron chi connectivity index (χ4n) is 1.39. The fourth-order valence-corrected chi connectivity index (χ4v) is 2.16. The van der Waals surface area contributed by atoms with E-state index < -0.39 is 0 Å². The van der Waals surface area contributed by atoms with Crippen LogP contribution in [0.4, 0.5) is 0 Å². The number of hydrogen-bond donors (Lipinski definition) is 0. The molecule has 0 aromatic heterocycles. The smallest absolute Gasteiger partial charge is 0.246 e.